The summed E-state index contributed by atoms with van der Waals surface area (Å²) in [5.74, 6) is -2.53. The third-order valence-electron chi connectivity index (χ3n) is 5.58. The normalized spacial score (nSPS) is 13.7. The van der Waals surface area contributed by atoms with Gasteiger partial charge in [-0.05, 0) is 42.6 Å². The lowest BCUT2D eigenvalue weighted by atomic mass is 9.99. The van der Waals surface area contributed by atoms with Crippen LogP contribution in [0.1, 0.15) is 66.4 Å². The molecular weight excluding hydrogens is 538 g/mol. The van der Waals surface area contributed by atoms with Crippen LogP contribution in [0.2, 0.25) is 0 Å². The zero-order valence-electron chi connectivity index (χ0n) is 24.1. The van der Waals surface area contributed by atoms with E-state index in [9.17, 15) is 27.6 Å². The van der Waals surface area contributed by atoms with Gasteiger partial charge in [0.1, 0.15) is 24.7 Å². The zero-order chi connectivity index (χ0) is 30.5. The minimum atomic E-state index is -4.31. The molecule has 1 aromatic rings. The van der Waals surface area contributed by atoms with Crippen LogP contribution in [0.4, 0.5) is 4.79 Å². The van der Waals surface area contributed by atoms with Crippen LogP contribution in [-0.4, -0.2) is 50.4 Å². The van der Waals surface area contributed by atoms with E-state index in [0.717, 1.165) is 5.56 Å². The Hall–Kier alpha value is -3.41. The molecule has 0 bridgehead atoms. The van der Waals surface area contributed by atoms with Crippen LogP contribution < -0.4 is 16.0 Å². The van der Waals surface area contributed by atoms with Gasteiger partial charge in [-0.25, -0.2) is 9.59 Å². The summed E-state index contributed by atoms with van der Waals surface area (Å²) in [5.41, 5.74) is 0.784. The molecule has 0 unspecified atom stereocenters. The first-order chi connectivity index (χ1) is 18.6. The van der Waals surface area contributed by atoms with E-state index in [0.29, 0.717) is 5.41 Å². The number of amides is 3. The first-order valence-corrected chi connectivity index (χ1v) is 14.8. The van der Waals surface area contributed by atoms with Gasteiger partial charge in [-0.3, -0.25) is 9.59 Å². The first-order valence-electron chi connectivity index (χ1n) is 13.3. The number of carbonyl (C=O) groups excluding carboxylic acids is 4. The van der Waals surface area contributed by atoms with Crippen LogP contribution in [0.15, 0.2) is 42.3 Å². The van der Waals surface area contributed by atoms with Gasteiger partial charge in [-0.2, -0.15) is 8.42 Å². The van der Waals surface area contributed by atoms with Crippen molar-refractivity contribution in [2.45, 2.75) is 85.5 Å². The SMILES string of the molecule is C=CS(=O)(=O)OC(=O)[C@H](CC(C)C)NC(=O)[C@H](CC(C)C)NC(=O)[C@H](CC(C)C)NC(=O)OCc1ccccc1. The van der Waals surface area contributed by atoms with Crippen molar-refractivity contribution >= 4 is 34.0 Å². The average Bonchev–Trinajstić information content (AvgIpc) is 2.85. The lowest BCUT2D eigenvalue weighted by Gasteiger charge is -2.26. The molecule has 0 heterocycles. The van der Waals surface area contributed by atoms with E-state index in [-0.39, 0.29) is 43.6 Å². The smallest absolute Gasteiger partial charge is 0.408 e. The van der Waals surface area contributed by atoms with Crippen molar-refractivity contribution in [2.75, 3.05) is 0 Å². The maximum absolute atomic E-state index is 13.3. The zero-order valence-corrected chi connectivity index (χ0v) is 25.0. The Morgan fingerprint density at radius 3 is 1.70 bits per heavy atom. The van der Waals surface area contributed by atoms with Gasteiger partial charge in [0.05, 0.1) is 5.41 Å². The van der Waals surface area contributed by atoms with Gasteiger partial charge in [-0.15, -0.1) is 0 Å². The molecule has 0 spiro atoms. The highest BCUT2D eigenvalue weighted by molar-refractivity contribution is 7.90. The van der Waals surface area contributed by atoms with Crippen LogP contribution >= 0.6 is 0 Å². The summed E-state index contributed by atoms with van der Waals surface area (Å²) in [6.45, 7) is 14.2. The third-order valence-corrected chi connectivity index (χ3v) is 6.38. The van der Waals surface area contributed by atoms with E-state index in [1.165, 1.54) is 0 Å². The molecule has 3 amide bonds. The quantitative estimate of drug-likeness (QED) is 0.251. The molecule has 0 aliphatic carbocycles. The second-order valence-corrected chi connectivity index (χ2v) is 12.3. The van der Waals surface area contributed by atoms with Gasteiger partial charge in [-0.1, -0.05) is 78.5 Å². The number of rotatable bonds is 16. The molecule has 0 aliphatic heterocycles. The molecule has 0 saturated carbocycles. The van der Waals surface area contributed by atoms with Crippen molar-refractivity contribution < 1.29 is 36.5 Å². The molecule has 3 N–H and O–H groups in total. The maximum atomic E-state index is 13.3. The Morgan fingerprint density at radius 2 is 1.23 bits per heavy atom. The van der Waals surface area contributed by atoms with Gasteiger partial charge >= 0.3 is 22.2 Å². The minimum absolute atomic E-state index is 0.0238. The molecule has 40 heavy (non-hydrogen) atoms. The van der Waals surface area contributed by atoms with Crippen molar-refractivity contribution in [2.24, 2.45) is 17.8 Å². The van der Waals surface area contributed by atoms with E-state index in [2.05, 4.69) is 26.7 Å². The van der Waals surface area contributed by atoms with Crippen molar-refractivity contribution in [1.82, 2.24) is 16.0 Å². The van der Waals surface area contributed by atoms with E-state index in [1.807, 2.05) is 45.9 Å². The predicted octanol–water partition coefficient (Wildman–Crippen LogP) is 3.41. The molecule has 0 aromatic heterocycles. The Balaban J connectivity index is 3.02. The summed E-state index contributed by atoms with van der Waals surface area (Å²) in [4.78, 5) is 51.6. The molecule has 0 aliphatic rings. The Bertz CT molecular complexity index is 1100. The molecule has 0 radical (unpaired) electrons. The number of hydrogen-bond acceptors (Lipinski definition) is 8. The number of benzene rings is 1. The number of carbonyl (C=O) groups is 4. The fraction of sp³-hybridized carbons (Fsp3) is 0.571. The monoisotopic (exact) mass is 581 g/mol. The summed E-state index contributed by atoms with van der Waals surface area (Å²) in [5, 5.41) is 8.28. The molecule has 3 atom stereocenters. The van der Waals surface area contributed by atoms with E-state index >= 15 is 0 Å². The highest BCUT2D eigenvalue weighted by atomic mass is 32.2. The molecule has 0 fully saturated rings. The van der Waals surface area contributed by atoms with E-state index < -0.39 is 52.1 Å². The van der Waals surface area contributed by atoms with Crippen LogP contribution in [0.3, 0.4) is 0 Å². The lowest BCUT2D eigenvalue weighted by molar-refractivity contribution is -0.140. The van der Waals surface area contributed by atoms with Gasteiger partial charge in [0.25, 0.3) is 0 Å². The molecular formula is C28H43N3O8S. The molecule has 1 rings (SSSR count). The Labute approximate surface area is 237 Å². The van der Waals surface area contributed by atoms with Gasteiger partial charge in [0, 0.05) is 0 Å². The van der Waals surface area contributed by atoms with E-state index in [4.69, 9.17) is 4.74 Å². The molecule has 1 aromatic carbocycles. The number of ether oxygens (including phenoxy) is 1. The molecule has 12 heteroatoms. The summed E-state index contributed by atoms with van der Waals surface area (Å²) >= 11 is 0. The predicted molar refractivity (Wildman–Crippen MR) is 151 cm³/mol. The first kappa shape index (κ1) is 34.6. The van der Waals surface area contributed by atoms with Crippen molar-refractivity contribution in [3.05, 3.63) is 47.9 Å². The van der Waals surface area contributed by atoms with Crippen LogP contribution in [0.25, 0.3) is 0 Å². The van der Waals surface area contributed by atoms with E-state index in [1.54, 1.807) is 26.0 Å². The fourth-order valence-corrected chi connectivity index (χ4v) is 4.16. The highest BCUT2D eigenvalue weighted by Crippen LogP contribution is 2.13. The molecule has 224 valence electrons. The summed E-state index contributed by atoms with van der Waals surface area (Å²) in [6, 6.07) is 5.75. The van der Waals surface area contributed by atoms with Gasteiger partial charge < -0.3 is 24.9 Å². The van der Waals surface area contributed by atoms with Crippen LogP contribution in [0, 0.1) is 17.8 Å². The highest BCUT2D eigenvalue weighted by Gasteiger charge is 2.32. The fourth-order valence-electron chi connectivity index (χ4n) is 3.75. The Kier molecular flexibility index (Phi) is 14.4. The molecule has 0 saturated heterocycles. The van der Waals surface area contributed by atoms with Gasteiger partial charge in [0.2, 0.25) is 11.8 Å². The van der Waals surface area contributed by atoms with Crippen molar-refractivity contribution in [3.8, 4) is 0 Å². The lowest BCUT2D eigenvalue weighted by Crippen LogP contribution is -2.56. The number of hydrogen-bond donors (Lipinski definition) is 3. The summed E-state index contributed by atoms with van der Waals surface area (Å²) in [7, 11) is -4.31. The maximum Gasteiger partial charge on any atom is 0.408 e. The second-order valence-electron chi connectivity index (χ2n) is 10.8. The second kappa shape index (κ2) is 16.6. The minimum Gasteiger partial charge on any atom is -0.445 e. The van der Waals surface area contributed by atoms with Crippen molar-refractivity contribution in [3.63, 3.8) is 0 Å². The van der Waals surface area contributed by atoms with Crippen LogP contribution in [0.5, 0.6) is 0 Å². The standard InChI is InChI=1S/C28H43N3O8S/c1-8-40(36,37)39-27(34)24(16-20(6)7)30-25(32)22(14-18(2)3)29-26(33)23(15-19(4)5)31-28(35)38-17-21-12-10-9-11-13-21/h8-13,18-20,22-24H,1,14-17H2,2-7H3,(H,29,33)(H,30,32)(H,31,35)/t22-,23-,24-/m0/s1. The largest absolute Gasteiger partial charge is 0.445 e. The van der Waals surface area contributed by atoms with Gasteiger partial charge in [0.15, 0.2) is 0 Å². The van der Waals surface area contributed by atoms with Crippen LogP contribution in [-0.2, 0) is 40.0 Å². The number of alkyl carbamates (subject to hydrolysis) is 1. The summed E-state index contributed by atoms with van der Waals surface area (Å²) in [6.07, 6.45) is -0.176. The number of nitrogens with one attached hydrogen (secondary N) is 3. The summed E-state index contributed by atoms with van der Waals surface area (Å²) < 4.78 is 33.2. The Morgan fingerprint density at radius 1 is 0.775 bits per heavy atom. The third kappa shape index (κ3) is 13.6. The molecule has 11 nitrogen and oxygen atoms in total. The topological polar surface area (TPSA) is 157 Å². The average molecular weight is 582 g/mol. The van der Waals surface area contributed by atoms with Crippen molar-refractivity contribution in [1.29, 1.82) is 0 Å².